The molecule has 5 rings (SSSR count). The van der Waals surface area contributed by atoms with Crippen molar-refractivity contribution >= 4 is 38.9 Å². The Morgan fingerprint density at radius 1 is 1.07 bits per heavy atom. The third kappa shape index (κ3) is 8.40. The molecule has 0 aliphatic carbocycles. The van der Waals surface area contributed by atoms with E-state index in [0.29, 0.717) is 31.8 Å². The maximum Gasteiger partial charge on any atom is 0.258 e. The molecule has 1 aliphatic rings. The first kappa shape index (κ1) is 30.2. The van der Waals surface area contributed by atoms with Crippen molar-refractivity contribution in [1.29, 1.82) is 0 Å². The number of hydrogen-bond donors (Lipinski definition) is 2. The average molecular weight is 634 g/mol. The van der Waals surface area contributed by atoms with Crippen molar-refractivity contribution in [2.24, 2.45) is 0 Å². The zero-order chi connectivity index (χ0) is 30.6. The van der Waals surface area contributed by atoms with Gasteiger partial charge in [0, 0.05) is 41.9 Å². The van der Waals surface area contributed by atoms with Gasteiger partial charge in [0.05, 0.1) is 43.1 Å². The number of benzene rings is 2. The lowest BCUT2D eigenvalue weighted by molar-refractivity contribution is 0.0253. The van der Waals surface area contributed by atoms with Gasteiger partial charge in [0.15, 0.2) is 11.6 Å². The number of anilines is 2. The summed E-state index contributed by atoms with van der Waals surface area (Å²) in [5, 5.41) is 7.09. The Hall–Kier alpha value is -4.27. The molecule has 3 heterocycles. The molecule has 2 aromatic heterocycles. The Bertz CT molecular complexity index is 1730. The molecule has 43 heavy (non-hydrogen) atoms. The first-order chi connectivity index (χ1) is 20.5. The summed E-state index contributed by atoms with van der Waals surface area (Å²) in [6, 6.07) is 8.94. The minimum Gasteiger partial charge on any atom is -0.488 e. The van der Waals surface area contributed by atoms with Gasteiger partial charge < -0.3 is 19.5 Å². The number of carbonyl (C=O) groups excluding carboxylic acids is 1. The van der Waals surface area contributed by atoms with Crippen LogP contribution in [-0.4, -0.2) is 54.7 Å². The first-order valence-electron chi connectivity index (χ1n) is 13.0. The van der Waals surface area contributed by atoms with E-state index in [9.17, 15) is 22.0 Å². The first-order valence-corrected chi connectivity index (χ1v) is 15.2. The van der Waals surface area contributed by atoms with Gasteiger partial charge in [-0.2, -0.15) is 5.10 Å². The number of amides is 1. The Morgan fingerprint density at radius 2 is 1.79 bits per heavy atom. The van der Waals surface area contributed by atoms with E-state index < -0.39 is 27.6 Å². The Labute approximate surface area is 250 Å². The van der Waals surface area contributed by atoms with Crippen LogP contribution in [0.2, 0.25) is 5.02 Å². The largest absolute Gasteiger partial charge is 0.488 e. The van der Waals surface area contributed by atoms with Crippen molar-refractivity contribution in [3.05, 3.63) is 88.8 Å². The molecule has 226 valence electrons. The van der Waals surface area contributed by atoms with Gasteiger partial charge in [-0.15, -0.1) is 0 Å². The smallest absolute Gasteiger partial charge is 0.258 e. The highest BCUT2D eigenvalue weighted by molar-refractivity contribution is 7.92. The number of ether oxygens (including phenoxy) is 3. The second kappa shape index (κ2) is 12.9. The second-order valence-electron chi connectivity index (χ2n) is 9.72. The van der Waals surface area contributed by atoms with E-state index in [2.05, 4.69) is 20.1 Å². The molecule has 1 aliphatic heterocycles. The number of nitrogens with zero attached hydrogens (tertiary/aromatic N) is 3. The monoisotopic (exact) mass is 633 g/mol. The minimum absolute atomic E-state index is 0.0776. The molecule has 11 nitrogen and oxygen atoms in total. The van der Waals surface area contributed by atoms with Crippen LogP contribution < -0.4 is 19.5 Å². The number of halogens is 3. The number of nitrogens with one attached hydrogen (secondary N) is 2. The molecule has 0 atom stereocenters. The molecule has 0 bridgehead atoms. The van der Waals surface area contributed by atoms with E-state index in [1.165, 1.54) is 41.5 Å². The predicted octanol–water partition coefficient (Wildman–Crippen LogP) is 4.96. The molecule has 0 spiro atoms. The number of hydrogen-bond acceptors (Lipinski definition) is 8. The highest BCUT2D eigenvalue weighted by Gasteiger charge is 2.19. The molecular formula is C28H26ClF2N5O6S. The van der Waals surface area contributed by atoms with Crippen molar-refractivity contribution in [2.45, 2.75) is 25.6 Å². The predicted molar refractivity (Wildman–Crippen MR) is 154 cm³/mol. The van der Waals surface area contributed by atoms with Crippen molar-refractivity contribution in [1.82, 2.24) is 14.8 Å². The van der Waals surface area contributed by atoms with E-state index in [4.69, 9.17) is 25.8 Å². The van der Waals surface area contributed by atoms with Gasteiger partial charge in [-0.25, -0.2) is 26.9 Å². The SMILES string of the molecule is CS(=O)(=O)Nc1cc(Cl)cc(NC(=O)c2cnn(-c3ncc(OC4CCOCC4)cc3OCc3cc(F)cc(F)c3)c2)c1. The molecule has 0 saturated carbocycles. The number of pyridine rings is 1. The van der Waals surface area contributed by atoms with Gasteiger partial charge in [0.2, 0.25) is 10.0 Å². The number of rotatable bonds is 10. The van der Waals surface area contributed by atoms with Gasteiger partial charge in [0.25, 0.3) is 5.91 Å². The van der Waals surface area contributed by atoms with Crippen LogP contribution >= 0.6 is 11.6 Å². The van der Waals surface area contributed by atoms with Crippen LogP contribution in [-0.2, 0) is 21.4 Å². The molecule has 1 fully saturated rings. The normalized spacial score (nSPS) is 13.9. The summed E-state index contributed by atoms with van der Waals surface area (Å²) in [6.07, 6.45) is 6.52. The maximum absolute atomic E-state index is 13.7. The Kier molecular flexibility index (Phi) is 9.08. The van der Waals surface area contributed by atoms with Crippen molar-refractivity contribution in [3.8, 4) is 17.3 Å². The second-order valence-corrected chi connectivity index (χ2v) is 11.9. The molecule has 4 aromatic rings. The topological polar surface area (TPSA) is 134 Å². The lowest BCUT2D eigenvalue weighted by Gasteiger charge is -2.23. The summed E-state index contributed by atoms with van der Waals surface area (Å²) < 4.78 is 71.6. The summed E-state index contributed by atoms with van der Waals surface area (Å²) >= 11 is 6.09. The van der Waals surface area contributed by atoms with Crippen LogP contribution in [0, 0.1) is 11.6 Å². The minimum atomic E-state index is -3.57. The molecular weight excluding hydrogens is 608 g/mol. The van der Waals surface area contributed by atoms with Crippen molar-refractivity contribution in [2.75, 3.05) is 29.5 Å². The molecule has 2 aromatic carbocycles. The van der Waals surface area contributed by atoms with Crippen molar-refractivity contribution in [3.63, 3.8) is 0 Å². The number of aromatic nitrogens is 3. The van der Waals surface area contributed by atoms with Crippen LogP contribution in [0.3, 0.4) is 0 Å². The van der Waals surface area contributed by atoms with E-state index in [1.807, 2.05) is 0 Å². The Balaban J connectivity index is 1.38. The van der Waals surface area contributed by atoms with E-state index in [-0.39, 0.29) is 51.8 Å². The van der Waals surface area contributed by atoms with Crippen LogP contribution in [0.5, 0.6) is 11.5 Å². The molecule has 2 N–H and O–H groups in total. The van der Waals surface area contributed by atoms with Crippen LogP contribution in [0.4, 0.5) is 20.2 Å². The molecule has 1 saturated heterocycles. The van der Waals surface area contributed by atoms with Gasteiger partial charge in [-0.3, -0.25) is 9.52 Å². The fourth-order valence-electron chi connectivity index (χ4n) is 4.30. The fourth-order valence-corrected chi connectivity index (χ4v) is 5.08. The number of sulfonamides is 1. The van der Waals surface area contributed by atoms with E-state index >= 15 is 0 Å². The third-order valence-electron chi connectivity index (χ3n) is 6.12. The van der Waals surface area contributed by atoms with Crippen LogP contribution in [0.1, 0.15) is 28.8 Å². The summed E-state index contributed by atoms with van der Waals surface area (Å²) in [6.45, 7) is 0.971. The number of carbonyl (C=O) groups is 1. The highest BCUT2D eigenvalue weighted by atomic mass is 35.5. The van der Waals surface area contributed by atoms with Crippen LogP contribution in [0.25, 0.3) is 5.82 Å². The zero-order valence-electron chi connectivity index (χ0n) is 22.7. The lowest BCUT2D eigenvalue weighted by atomic mass is 10.1. The summed E-state index contributed by atoms with van der Waals surface area (Å²) in [4.78, 5) is 17.4. The van der Waals surface area contributed by atoms with Gasteiger partial charge in [0.1, 0.15) is 30.1 Å². The van der Waals surface area contributed by atoms with Gasteiger partial charge in [-0.1, -0.05) is 11.6 Å². The molecule has 15 heteroatoms. The van der Waals surface area contributed by atoms with E-state index in [0.717, 1.165) is 24.5 Å². The summed E-state index contributed by atoms with van der Waals surface area (Å²) in [5.41, 5.74) is 0.815. The van der Waals surface area contributed by atoms with E-state index in [1.54, 1.807) is 6.07 Å². The third-order valence-corrected chi connectivity index (χ3v) is 6.94. The van der Waals surface area contributed by atoms with Gasteiger partial charge >= 0.3 is 0 Å². The zero-order valence-corrected chi connectivity index (χ0v) is 24.3. The molecule has 0 radical (unpaired) electrons. The fraction of sp³-hybridized carbons (Fsp3) is 0.250. The average Bonchev–Trinajstić information content (AvgIpc) is 3.41. The van der Waals surface area contributed by atoms with Gasteiger partial charge in [-0.05, 0) is 35.9 Å². The highest BCUT2D eigenvalue weighted by Crippen LogP contribution is 2.29. The summed E-state index contributed by atoms with van der Waals surface area (Å²) in [5.74, 6) is -1.24. The summed E-state index contributed by atoms with van der Waals surface area (Å²) in [7, 11) is -3.57. The lowest BCUT2D eigenvalue weighted by Crippen LogP contribution is -2.26. The Morgan fingerprint density at radius 3 is 2.51 bits per heavy atom. The van der Waals surface area contributed by atoms with Crippen LogP contribution in [0.15, 0.2) is 61.1 Å². The standard InChI is InChI=1S/C28H26ClF2N5O6S/c1-43(38,39)35-23-9-19(29)8-22(11-23)34-28(37)18-13-33-36(15-18)27-26(41-16-17-6-20(30)10-21(31)7-17)12-25(14-32-27)42-24-2-4-40-5-3-24/h6-15,24,35H,2-5,16H2,1H3,(H,34,37). The maximum atomic E-state index is 13.7. The molecule has 1 amide bonds. The van der Waals surface area contributed by atoms with Crippen molar-refractivity contribution < 1.29 is 36.2 Å². The molecule has 0 unspecified atom stereocenters. The quantitative estimate of drug-likeness (QED) is 0.250.